The number of amides is 2. The fourth-order valence-corrected chi connectivity index (χ4v) is 2.89. The first-order chi connectivity index (χ1) is 13.6. The number of hydrogen-bond donors (Lipinski definition) is 2. The van der Waals surface area contributed by atoms with Crippen LogP contribution in [0.2, 0.25) is 0 Å². The van der Waals surface area contributed by atoms with Crippen molar-refractivity contribution in [1.29, 1.82) is 0 Å². The van der Waals surface area contributed by atoms with Crippen LogP contribution in [0.3, 0.4) is 0 Å². The van der Waals surface area contributed by atoms with E-state index in [4.69, 9.17) is 4.74 Å². The summed E-state index contributed by atoms with van der Waals surface area (Å²) in [4.78, 5) is 17.9. The molecule has 0 aliphatic carbocycles. The molecule has 0 radical (unpaired) electrons. The Hall–Kier alpha value is -3.12. The van der Waals surface area contributed by atoms with E-state index in [1.165, 1.54) is 4.90 Å². The maximum Gasteiger partial charge on any atom is 0.317 e. The molecule has 2 amide bonds. The number of benzene rings is 2. The molecule has 0 fully saturated rings. The molecule has 28 heavy (non-hydrogen) atoms. The lowest BCUT2D eigenvalue weighted by atomic mass is 10.1. The smallest absolute Gasteiger partial charge is 0.317 e. The summed E-state index contributed by atoms with van der Waals surface area (Å²) >= 11 is 0. The molecule has 3 aromatic rings. The molecule has 146 valence electrons. The van der Waals surface area contributed by atoms with Crippen molar-refractivity contribution in [2.75, 3.05) is 20.1 Å². The van der Waals surface area contributed by atoms with Crippen LogP contribution in [0.1, 0.15) is 24.3 Å². The van der Waals surface area contributed by atoms with Gasteiger partial charge in [-0.1, -0.05) is 36.4 Å². The zero-order valence-electron chi connectivity index (χ0n) is 16.1. The number of carbonyl (C=O) groups is 1. The van der Waals surface area contributed by atoms with Crippen LogP contribution >= 0.6 is 0 Å². The van der Waals surface area contributed by atoms with Gasteiger partial charge < -0.3 is 20.1 Å². The molecule has 3 rings (SSSR count). The highest BCUT2D eigenvalue weighted by Gasteiger charge is 2.15. The lowest BCUT2D eigenvalue weighted by Crippen LogP contribution is -2.39. The highest BCUT2D eigenvalue weighted by Crippen LogP contribution is 2.21. The predicted molar refractivity (Wildman–Crippen MR) is 109 cm³/mol. The van der Waals surface area contributed by atoms with Gasteiger partial charge in [0.15, 0.2) is 0 Å². The van der Waals surface area contributed by atoms with Gasteiger partial charge in [0.25, 0.3) is 0 Å². The normalized spacial score (nSPS) is 11.8. The minimum atomic E-state index is -0.796. The van der Waals surface area contributed by atoms with Gasteiger partial charge in [-0.3, -0.25) is 0 Å². The Morgan fingerprint density at radius 1 is 1.18 bits per heavy atom. The number of para-hydroxylation sites is 1. The van der Waals surface area contributed by atoms with E-state index in [0.29, 0.717) is 24.5 Å². The highest BCUT2D eigenvalue weighted by molar-refractivity contribution is 5.78. The van der Waals surface area contributed by atoms with Crippen LogP contribution in [-0.4, -0.2) is 41.2 Å². The molecule has 0 saturated heterocycles. The molecule has 0 saturated carbocycles. The Balaban J connectivity index is 1.63. The second-order valence-corrected chi connectivity index (χ2v) is 6.59. The lowest BCUT2D eigenvalue weighted by Gasteiger charge is -2.21. The summed E-state index contributed by atoms with van der Waals surface area (Å²) in [5.41, 5.74) is 2.46. The Morgan fingerprint density at radius 2 is 2.00 bits per heavy atom. The zero-order valence-corrected chi connectivity index (χ0v) is 16.1. The molecule has 1 unspecified atom stereocenters. The molecule has 2 aromatic carbocycles. The van der Waals surface area contributed by atoms with Gasteiger partial charge in [-0.25, -0.2) is 9.78 Å². The van der Waals surface area contributed by atoms with Crippen LogP contribution in [-0.2, 0) is 6.61 Å². The van der Waals surface area contributed by atoms with Crippen LogP contribution in [0.15, 0.2) is 60.7 Å². The fourth-order valence-electron chi connectivity index (χ4n) is 2.89. The van der Waals surface area contributed by atoms with E-state index in [-0.39, 0.29) is 12.6 Å². The molecule has 0 aliphatic heterocycles. The second-order valence-electron chi connectivity index (χ2n) is 6.59. The number of ether oxygens (including phenoxy) is 1. The molecule has 1 heterocycles. The van der Waals surface area contributed by atoms with E-state index in [2.05, 4.69) is 10.3 Å². The molecule has 1 aromatic heterocycles. The summed E-state index contributed by atoms with van der Waals surface area (Å²) in [5, 5.41) is 14.2. The van der Waals surface area contributed by atoms with Crippen molar-refractivity contribution in [3.05, 3.63) is 71.9 Å². The lowest BCUT2D eigenvalue weighted by molar-refractivity contribution is 0.131. The summed E-state index contributed by atoms with van der Waals surface area (Å²) < 4.78 is 5.86. The van der Waals surface area contributed by atoms with E-state index in [1.54, 1.807) is 13.1 Å². The largest absolute Gasteiger partial charge is 0.487 e. The van der Waals surface area contributed by atoms with Crippen LogP contribution in [0.25, 0.3) is 10.9 Å². The van der Waals surface area contributed by atoms with Gasteiger partial charge in [-0.15, -0.1) is 0 Å². The van der Waals surface area contributed by atoms with Crippen molar-refractivity contribution < 1.29 is 14.6 Å². The van der Waals surface area contributed by atoms with Gasteiger partial charge in [-0.05, 0) is 36.8 Å². The van der Waals surface area contributed by atoms with Crippen molar-refractivity contribution >= 4 is 16.9 Å². The van der Waals surface area contributed by atoms with Crippen molar-refractivity contribution in [1.82, 2.24) is 15.2 Å². The summed E-state index contributed by atoms with van der Waals surface area (Å²) in [6.07, 6.45) is -0.796. The Morgan fingerprint density at radius 3 is 2.82 bits per heavy atom. The number of aliphatic hydroxyl groups excluding tert-OH is 1. The van der Waals surface area contributed by atoms with Crippen molar-refractivity contribution in [3.63, 3.8) is 0 Å². The molecular formula is C22H25N3O3. The second kappa shape index (κ2) is 9.19. The van der Waals surface area contributed by atoms with Crippen LogP contribution in [0.5, 0.6) is 5.75 Å². The first kappa shape index (κ1) is 19.6. The monoisotopic (exact) mass is 379 g/mol. The number of aliphatic hydroxyl groups is 1. The first-order valence-electron chi connectivity index (χ1n) is 9.31. The van der Waals surface area contributed by atoms with Gasteiger partial charge in [0, 0.05) is 19.0 Å². The van der Waals surface area contributed by atoms with Gasteiger partial charge in [-0.2, -0.15) is 0 Å². The van der Waals surface area contributed by atoms with E-state index in [1.807, 2.05) is 61.5 Å². The zero-order chi connectivity index (χ0) is 19.9. The molecule has 0 aliphatic rings. The summed E-state index contributed by atoms with van der Waals surface area (Å²) in [5.74, 6) is 0.646. The van der Waals surface area contributed by atoms with Gasteiger partial charge in [0.2, 0.25) is 0 Å². The molecule has 6 heteroatoms. The predicted octanol–water partition coefficient (Wildman–Crippen LogP) is 3.51. The standard InChI is InChI=1S/C22H25N3O3/c1-3-23-22(27)25(2)14-21(26)17-8-6-9-19(13-17)28-15-18-12-11-16-7-4-5-10-20(16)24-18/h4-13,21,26H,3,14-15H2,1-2H3,(H,23,27). The minimum Gasteiger partial charge on any atom is -0.487 e. The number of nitrogens with zero attached hydrogens (tertiary/aromatic N) is 2. The molecule has 0 spiro atoms. The third-order valence-electron chi connectivity index (χ3n) is 4.41. The molecule has 2 N–H and O–H groups in total. The third kappa shape index (κ3) is 4.98. The van der Waals surface area contributed by atoms with Gasteiger partial charge in [0.05, 0.1) is 23.9 Å². The van der Waals surface area contributed by atoms with Crippen LogP contribution in [0.4, 0.5) is 4.79 Å². The Bertz CT molecular complexity index is 945. The number of carbonyl (C=O) groups excluding carboxylic acids is 1. The molecule has 1 atom stereocenters. The van der Waals surface area contributed by atoms with Crippen molar-refractivity contribution in [2.24, 2.45) is 0 Å². The molecule has 0 bridgehead atoms. The number of fused-ring (bicyclic) bond motifs is 1. The van der Waals surface area contributed by atoms with Crippen LogP contribution < -0.4 is 10.1 Å². The quantitative estimate of drug-likeness (QED) is 0.659. The highest BCUT2D eigenvalue weighted by atomic mass is 16.5. The molecule has 6 nitrogen and oxygen atoms in total. The van der Waals surface area contributed by atoms with E-state index in [9.17, 15) is 9.90 Å². The maximum absolute atomic E-state index is 11.8. The van der Waals surface area contributed by atoms with Gasteiger partial charge >= 0.3 is 6.03 Å². The van der Waals surface area contributed by atoms with Crippen LogP contribution in [0, 0.1) is 0 Å². The SMILES string of the molecule is CCNC(=O)N(C)CC(O)c1cccc(OCc2ccc3ccccc3n2)c1. The minimum absolute atomic E-state index is 0.196. The first-order valence-corrected chi connectivity index (χ1v) is 9.31. The molecular weight excluding hydrogens is 354 g/mol. The Labute approximate surface area is 164 Å². The number of likely N-dealkylation sites (N-methyl/N-ethyl adjacent to an activating group) is 1. The van der Waals surface area contributed by atoms with Crippen molar-refractivity contribution in [2.45, 2.75) is 19.6 Å². The summed E-state index contributed by atoms with van der Waals surface area (Å²) in [6.45, 7) is 2.93. The number of hydrogen-bond acceptors (Lipinski definition) is 4. The number of nitrogens with one attached hydrogen (secondary N) is 1. The topological polar surface area (TPSA) is 74.7 Å². The number of aromatic nitrogens is 1. The average molecular weight is 379 g/mol. The number of rotatable bonds is 7. The average Bonchev–Trinajstić information content (AvgIpc) is 2.72. The van der Waals surface area contributed by atoms with E-state index >= 15 is 0 Å². The summed E-state index contributed by atoms with van der Waals surface area (Å²) in [7, 11) is 1.65. The van der Waals surface area contributed by atoms with E-state index < -0.39 is 6.10 Å². The maximum atomic E-state index is 11.8. The fraction of sp³-hybridized carbons (Fsp3) is 0.273. The summed E-state index contributed by atoms with van der Waals surface area (Å²) in [6, 6.07) is 19.0. The third-order valence-corrected chi connectivity index (χ3v) is 4.41. The Kier molecular flexibility index (Phi) is 6.45. The number of pyridine rings is 1. The van der Waals surface area contributed by atoms with Gasteiger partial charge in [0.1, 0.15) is 12.4 Å². The van der Waals surface area contributed by atoms with E-state index in [0.717, 1.165) is 16.6 Å². The van der Waals surface area contributed by atoms with Crippen molar-refractivity contribution in [3.8, 4) is 5.75 Å². The number of urea groups is 1.